The van der Waals surface area contributed by atoms with Gasteiger partial charge < -0.3 is 9.52 Å². The normalized spacial score (nSPS) is 22.7. The minimum Gasteiger partial charge on any atom is -0.423 e. The van der Waals surface area contributed by atoms with Gasteiger partial charge in [-0.25, -0.2) is 4.79 Å². The predicted octanol–water partition coefficient (Wildman–Crippen LogP) is 2.87. The third-order valence-corrected chi connectivity index (χ3v) is 5.66. The van der Waals surface area contributed by atoms with E-state index in [2.05, 4.69) is 17.0 Å². The van der Waals surface area contributed by atoms with Gasteiger partial charge in [-0.3, -0.25) is 4.90 Å². The zero-order chi connectivity index (χ0) is 16.7. The van der Waals surface area contributed by atoms with Crippen molar-refractivity contribution >= 4 is 11.0 Å². The summed E-state index contributed by atoms with van der Waals surface area (Å²) < 4.78 is 5.46. The van der Waals surface area contributed by atoms with E-state index in [-0.39, 0.29) is 11.7 Å². The van der Waals surface area contributed by atoms with Crippen molar-refractivity contribution < 1.29 is 9.52 Å². The molecule has 1 aliphatic heterocycles. The van der Waals surface area contributed by atoms with Crippen molar-refractivity contribution in [3.63, 3.8) is 0 Å². The van der Waals surface area contributed by atoms with Gasteiger partial charge in [0.2, 0.25) is 0 Å². The molecule has 2 heterocycles. The molecule has 2 atom stereocenters. The molecule has 2 unspecified atom stereocenters. The van der Waals surface area contributed by atoms with Gasteiger partial charge in [-0.1, -0.05) is 0 Å². The summed E-state index contributed by atoms with van der Waals surface area (Å²) >= 11 is 0. The van der Waals surface area contributed by atoms with Crippen LogP contribution in [0.4, 0.5) is 0 Å². The Kier molecular flexibility index (Phi) is 4.19. The van der Waals surface area contributed by atoms with Gasteiger partial charge in [-0.05, 0) is 80.3 Å². The molecule has 2 aromatic rings. The fourth-order valence-electron chi connectivity index (χ4n) is 4.30. The molecule has 1 saturated heterocycles. The van der Waals surface area contributed by atoms with Crippen LogP contribution < -0.4 is 5.63 Å². The van der Waals surface area contributed by atoms with Crippen LogP contribution in [0.3, 0.4) is 0 Å². The number of fused-ring (bicyclic) bond motifs is 2. The van der Waals surface area contributed by atoms with E-state index in [0.29, 0.717) is 5.92 Å². The SMILES string of the molecule is CC(O)C1CCCN(Cc2cc(=O)oc3cc4c(cc23)CCC4)C1. The number of benzene rings is 1. The molecule has 128 valence electrons. The van der Waals surface area contributed by atoms with Gasteiger partial charge in [0.1, 0.15) is 5.58 Å². The lowest BCUT2D eigenvalue weighted by Crippen LogP contribution is -2.39. The van der Waals surface area contributed by atoms with Crippen LogP contribution in [0.2, 0.25) is 0 Å². The molecule has 0 spiro atoms. The number of nitrogens with zero attached hydrogens (tertiary/aromatic N) is 1. The zero-order valence-corrected chi connectivity index (χ0v) is 14.3. The molecule has 4 rings (SSSR count). The Morgan fingerprint density at radius 1 is 1.25 bits per heavy atom. The van der Waals surface area contributed by atoms with E-state index in [1.807, 2.05) is 6.92 Å². The maximum absolute atomic E-state index is 12.0. The standard InChI is InChI=1S/C20H25NO3/c1-13(22)16-6-3-7-21(11-16)12-17-10-20(23)24-19-9-15-5-2-4-14(15)8-18(17)19/h8-10,13,16,22H,2-7,11-12H2,1H3. The fourth-order valence-corrected chi connectivity index (χ4v) is 4.30. The first-order valence-corrected chi connectivity index (χ1v) is 9.09. The van der Waals surface area contributed by atoms with Crippen molar-refractivity contribution in [1.82, 2.24) is 4.90 Å². The van der Waals surface area contributed by atoms with Crippen LogP contribution in [-0.2, 0) is 19.4 Å². The maximum atomic E-state index is 12.0. The van der Waals surface area contributed by atoms with E-state index in [4.69, 9.17) is 4.42 Å². The van der Waals surface area contributed by atoms with Crippen LogP contribution in [0.15, 0.2) is 27.4 Å². The van der Waals surface area contributed by atoms with Crippen LogP contribution in [0.5, 0.6) is 0 Å². The second kappa shape index (κ2) is 6.34. The molecule has 1 N–H and O–H groups in total. The van der Waals surface area contributed by atoms with Crippen molar-refractivity contribution in [1.29, 1.82) is 0 Å². The van der Waals surface area contributed by atoms with Crippen molar-refractivity contribution in [2.24, 2.45) is 5.92 Å². The van der Waals surface area contributed by atoms with Gasteiger partial charge in [-0.15, -0.1) is 0 Å². The van der Waals surface area contributed by atoms with Gasteiger partial charge in [0, 0.05) is 24.5 Å². The second-order valence-electron chi connectivity index (χ2n) is 7.44. The summed E-state index contributed by atoms with van der Waals surface area (Å²) in [5.41, 5.74) is 4.25. The molecule has 0 bridgehead atoms. The first-order valence-electron chi connectivity index (χ1n) is 9.09. The Labute approximate surface area is 142 Å². The molecule has 24 heavy (non-hydrogen) atoms. The molecule has 1 aliphatic carbocycles. The van der Waals surface area contributed by atoms with Gasteiger partial charge in [0.05, 0.1) is 6.10 Å². The summed E-state index contributed by atoms with van der Waals surface area (Å²) in [4.78, 5) is 14.4. The van der Waals surface area contributed by atoms with Crippen molar-refractivity contribution in [3.8, 4) is 0 Å². The molecule has 1 aromatic heterocycles. The minimum atomic E-state index is -0.270. The highest BCUT2D eigenvalue weighted by Crippen LogP contribution is 2.30. The largest absolute Gasteiger partial charge is 0.423 e. The Morgan fingerprint density at radius 2 is 2.04 bits per heavy atom. The number of likely N-dealkylation sites (tertiary alicyclic amines) is 1. The minimum absolute atomic E-state index is 0.264. The van der Waals surface area contributed by atoms with Crippen LogP contribution in [0.25, 0.3) is 11.0 Å². The molecule has 0 saturated carbocycles. The van der Waals surface area contributed by atoms with Crippen LogP contribution >= 0.6 is 0 Å². The molecule has 2 aliphatic rings. The Balaban J connectivity index is 1.67. The molecule has 1 aromatic carbocycles. The first kappa shape index (κ1) is 15.9. The highest BCUT2D eigenvalue weighted by Gasteiger charge is 2.24. The Bertz CT molecular complexity index is 808. The summed E-state index contributed by atoms with van der Waals surface area (Å²) in [6.07, 6.45) is 5.31. The lowest BCUT2D eigenvalue weighted by Gasteiger charge is -2.34. The van der Waals surface area contributed by atoms with E-state index >= 15 is 0 Å². The molecular weight excluding hydrogens is 302 g/mol. The second-order valence-corrected chi connectivity index (χ2v) is 7.44. The number of aryl methyl sites for hydroxylation is 2. The first-order chi connectivity index (χ1) is 11.6. The van der Waals surface area contributed by atoms with Crippen molar-refractivity contribution in [2.45, 2.75) is 51.7 Å². The number of hydrogen-bond acceptors (Lipinski definition) is 4. The van der Waals surface area contributed by atoms with Gasteiger partial charge in [0.25, 0.3) is 0 Å². The van der Waals surface area contributed by atoms with E-state index in [1.54, 1.807) is 6.07 Å². The predicted molar refractivity (Wildman–Crippen MR) is 94.2 cm³/mol. The number of hydrogen-bond donors (Lipinski definition) is 1. The molecule has 1 fully saturated rings. The zero-order valence-electron chi connectivity index (χ0n) is 14.3. The molecule has 4 heteroatoms. The monoisotopic (exact) mass is 327 g/mol. The summed E-state index contributed by atoms with van der Waals surface area (Å²) in [5, 5.41) is 11.0. The van der Waals surface area contributed by atoms with E-state index < -0.39 is 0 Å². The molecular formula is C20H25NO3. The van der Waals surface area contributed by atoms with Crippen molar-refractivity contribution in [3.05, 3.63) is 45.3 Å². The average molecular weight is 327 g/mol. The van der Waals surface area contributed by atoms with Gasteiger partial charge >= 0.3 is 5.63 Å². The fraction of sp³-hybridized carbons (Fsp3) is 0.550. The van der Waals surface area contributed by atoms with E-state index in [1.165, 1.54) is 17.5 Å². The third kappa shape index (κ3) is 3.01. The van der Waals surface area contributed by atoms with Crippen molar-refractivity contribution in [2.75, 3.05) is 13.1 Å². The Morgan fingerprint density at radius 3 is 2.83 bits per heavy atom. The topological polar surface area (TPSA) is 53.7 Å². The number of piperidine rings is 1. The summed E-state index contributed by atoms with van der Waals surface area (Å²) in [6, 6.07) is 5.94. The lowest BCUT2D eigenvalue weighted by atomic mass is 9.93. The van der Waals surface area contributed by atoms with E-state index in [9.17, 15) is 9.90 Å². The number of aliphatic hydroxyl groups is 1. The maximum Gasteiger partial charge on any atom is 0.336 e. The third-order valence-electron chi connectivity index (χ3n) is 5.66. The summed E-state index contributed by atoms with van der Waals surface area (Å²) in [6.45, 7) is 4.55. The quantitative estimate of drug-likeness (QED) is 0.881. The lowest BCUT2D eigenvalue weighted by molar-refractivity contribution is 0.0600. The van der Waals surface area contributed by atoms with E-state index in [0.717, 1.165) is 61.9 Å². The van der Waals surface area contributed by atoms with Gasteiger partial charge in [-0.2, -0.15) is 0 Å². The molecule has 0 amide bonds. The van der Waals surface area contributed by atoms with Crippen LogP contribution in [0.1, 0.15) is 42.9 Å². The summed E-state index contributed by atoms with van der Waals surface area (Å²) in [7, 11) is 0. The number of rotatable bonds is 3. The van der Waals surface area contributed by atoms with Gasteiger partial charge in [0.15, 0.2) is 0 Å². The summed E-state index contributed by atoms with van der Waals surface area (Å²) in [5.74, 6) is 0.328. The molecule has 0 radical (unpaired) electrons. The van der Waals surface area contributed by atoms with Crippen LogP contribution in [0, 0.1) is 5.92 Å². The van der Waals surface area contributed by atoms with Crippen LogP contribution in [-0.4, -0.2) is 29.2 Å². The number of aliphatic hydroxyl groups excluding tert-OH is 1. The average Bonchev–Trinajstić information content (AvgIpc) is 3.00. The highest BCUT2D eigenvalue weighted by molar-refractivity contribution is 5.82. The highest BCUT2D eigenvalue weighted by atomic mass is 16.4. The Hall–Kier alpha value is -1.65. The molecule has 4 nitrogen and oxygen atoms in total. The smallest absolute Gasteiger partial charge is 0.336 e.